The van der Waals surface area contributed by atoms with Gasteiger partial charge in [-0.15, -0.1) is 0 Å². The van der Waals surface area contributed by atoms with Gasteiger partial charge in [-0.1, -0.05) is 33.6 Å². The number of benzene rings is 1. The van der Waals surface area contributed by atoms with Gasteiger partial charge in [0.15, 0.2) is 11.6 Å². The van der Waals surface area contributed by atoms with Crippen LogP contribution in [0.3, 0.4) is 0 Å². The van der Waals surface area contributed by atoms with Gasteiger partial charge < -0.3 is 9.64 Å². The van der Waals surface area contributed by atoms with Crippen LogP contribution in [0, 0.1) is 23.5 Å². The number of hydrogen-bond donors (Lipinski definition) is 1. The second-order valence-corrected chi connectivity index (χ2v) is 13.3. The van der Waals surface area contributed by atoms with E-state index in [4.69, 9.17) is 4.74 Å². The summed E-state index contributed by atoms with van der Waals surface area (Å²) in [6.45, 7) is 9.19. The molecular formula is C30H42F2N6O3S. The highest BCUT2D eigenvalue weighted by Gasteiger charge is 2.22. The topological polar surface area (TPSA) is 102 Å². The molecule has 9 nitrogen and oxygen atoms in total. The van der Waals surface area contributed by atoms with E-state index < -0.39 is 27.3 Å². The van der Waals surface area contributed by atoms with E-state index in [0.717, 1.165) is 87.4 Å². The molecule has 2 aromatic heterocycles. The quantitative estimate of drug-likeness (QED) is 0.204. The minimum absolute atomic E-state index is 0.0432. The van der Waals surface area contributed by atoms with Crippen LogP contribution in [0.5, 0.6) is 5.75 Å². The highest BCUT2D eigenvalue weighted by atomic mass is 32.2. The Morgan fingerprint density at radius 1 is 1.02 bits per heavy atom. The van der Waals surface area contributed by atoms with Crippen LogP contribution < -0.4 is 14.4 Å². The van der Waals surface area contributed by atoms with Crippen LogP contribution in [0.4, 0.5) is 20.4 Å². The molecule has 0 radical (unpaired) electrons. The summed E-state index contributed by atoms with van der Waals surface area (Å²) in [4.78, 5) is 11.4. The van der Waals surface area contributed by atoms with Gasteiger partial charge in [0.05, 0.1) is 18.6 Å². The highest BCUT2D eigenvalue weighted by molar-refractivity contribution is 7.92. The van der Waals surface area contributed by atoms with Crippen LogP contribution in [-0.2, 0) is 16.6 Å². The van der Waals surface area contributed by atoms with Gasteiger partial charge in [-0.25, -0.2) is 27.2 Å². The Balaban J connectivity index is 1.18. The lowest BCUT2D eigenvalue weighted by Gasteiger charge is -2.32. The summed E-state index contributed by atoms with van der Waals surface area (Å²) in [6.07, 6.45) is 13.3. The number of sulfonamides is 1. The first-order valence-electron chi connectivity index (χ1n) is 14.9. The Morgan fingerprint density at radius 3 is 2.36 bits per heavy atom. The molecular weight excluding hydrogens is 562 g/mol. The number of ether oxygens (including phenoxy) is 1. The average molecular weight is 605 g/mol. The number of anilines is 2. The van der Waals surface area contributed by atoms with Gasteiger partial charge in [0, 0.05) is 61.5 Å². The fraction of sp³-hybridized carbons (Fsp3) is 0.567. The minimum atomic E-state index is -3.82. The maximum atomic E-state index is 14.5. The Kier molecular flexibility index (Phi) is 11.1. The molecule has 3 heterocycles. The van der Waals surface area contributed by atoms with Crippen molar-refractivity contribution in [1.29, 1.82) is 0 Å². The van der Waals surface area contributed by atoms with Crippen molar-refractivity contribution in [2.24, 2.45) is 11.8 Å². The first-order valence-corrected chi connectivity index (χ1v) is 16.5. The minimum Gasteiger partial charge on any atom is -0.493 e. The molecule has 1 aliphatic heterocycles. The van der Waals surface area contributed by atoms with E-state index in [1.807, 2.05) is 41.1 Å². The summed E-state index contributed by atoms with van der Waals surface area (Å²) in [5.74, 6) is -0.347. The molecule has 12 heteroatoms. The van der Waals surface area contributed by atoms with Crippen molar-refractivity contribution in [1.82, 2.24) is 19.7 Å². The third kappa shape index (κ3) is 9.11. The molecule has 4 rings (SSSR count). The molecule has 1 aliphatic rings. The summed E-state index contributed by atoms with van der Waals surface area (Å²) in [6, 6.07) is 2.04. The third-order valence-corrected chi connectivity index (χ3v) is 8.71. The second-order valence-electron chi connectivity index (χ2n) is 11.4. The van der Waals surface area contributed by atoms with Gasteiger partial charge in [-0.3, -0.25) is 9.40 Å². The van der Waals surface area contributed by atoms with E-state index in [1.54, 1.807) is 0 Å². The Hall–Kier alpha value is -3.28. The van der Waals surface area contributed by atoms with E-state index in [-0.39, 0.29) is 11.5 Å². The standard InChI is InChI=1S/C30H42F2N6O3S/c1-4-5-6-14-42(39,40)36-29-27(31)15-26(16-28(29)32)41-13-7-8-23-9-11-37(12-10-23)30-33-17-24(18-34-30)25-19-35-38(21-25)20-22(2)3/h15-19,21-23,36H,4-14,20H2,1-3H3. The summed E-state index contributed by atoms with van der Waals surface area (Å²) in [5.41, 5.74) is 1.29. The zero-order valence-electron chi connectivity index (χ0n) is 24.7. The van der Waals surface area contributed by atoms with Crippen molar-refractivity contribution < 1.29 is 21.9 Å². The summed E-state index contributed by atoms with van der Waals surface area (Å²) in [7, 11) is -3.82. The molecule has 0 amide bonds. The van der Waals surface area contributed by atoms with Crippen LogP contribution in [-0.4, -0.2) is 53.6 Å². The fourth-order valence-electron chi connectivity index (χ4n) is 5.08. The van der Waals surface area contributed by atoms with E-state index in [9.17, 15) is 17.2 Å². The maximum Gasteiger partial charge on any atom is 0.232 e. The summed E-state index contributed by atoms with van der Waals surface area (Å²) < 4.78 is 62.8. The van der Waals surface area contributed by atoms with Crippen LogP contribution in [0.25, 0.3) is 11.1 Å². The van der Waals surface area contributed by atoms with Crippen LogP contribution >= 0.6 is 0 Å². The molecule has 42 heavy (non-hydrogen) atoms. The van der Waals surface area contributed by atoms with Gasteiger partial charge in [-0.2, -0.15) is 5.10 Å². The van der Waals surface area contributed by atoms with Crippen molar-refractivity contribution in [3.05, 3.63) is 48.6 Å². The van der Waals surface area contributed by atoms with E-state index in [1.165, 1.54) is 0 Å². The van der Waals surface area contributed by atoms with Crippen LogP contribution in [0.15, 0.2) is 36.9 Å². The molecule has 0 bridgehead atoms. The molecule has 0 atom stereocenters. The predicted octanol–water partition coefficient (Wildman–Crippen LogP) is 6.28. The molecule has 0 spiro atoms. The number of nitrogens with one attached hydrogen (secondary N) is 1. The first-order chi connectivity index (χ1) is 20.1. The zero-order valence-corrected chi connectivity index (χ0v) is 25.5. The third-order valence-electron chi connectivity index (χ3n) is 7.37. The van der Waals surface area contributed by atoms with Gasteiger partial charge in [0.25, 0.3) is 0 Å². The first kappa shape index (κ1) is 31.7. The smallest absolute Gasteiger partial charge is 0.232 e. The van der Waals surface area contributed by atoms with Gasteiger partial charge >= 0.3 is 0 Å². The monoisotopic (exact) mass is 604 g/mol. The number of unbranched alkanes of at least 4 members (excludes halogenated alkanes) is 2. The summed E-state index contributed by atoms with van der Waals surface area (Å²) in [5, 5.41) is 4.42. The van der Waals surface area contributed by atoms with Crippen molar-refractivity contribution in [3.8, 4) is 16.9 Å². The molecule has 1 saturated heterocycles. The lowest BCUT2D eigenvalue weighted by Crippen LogP contribution is -2.34. The van der Waals surface area contributed by atoms with E-state index in [2.05, 4.69) is 33.8 Å². The molecule has 1 fully saturated rings. The number of piperidine rings is 1. The van der Waals surface area contributed by atoms with Crippen molar-refractivity contribution >= 4 is 21.7 Å². The number of nitrogens with zero attached hydrogens (tertiary/aromatic N) is 5. The lowest BCUT2D eigenvalue weighted by atomic mass is 9.92. The van der Waals surface area contributed by atoms with Gasteiger partial charge in [-0.05, 0) is 43.9 Å². The normalized spacial score (nSPS) is 14.5. The van der Waals surface area contributed by atoms with Crippen LogP contribution in [0.1, 0.15) is 65.7 Å². The Morgan fingerprint density at radius 2 is 1.71 bits per heavy atom. The van der Waals surface area contributed by atoms with Gasteiger partial charge in [0.2, 0.25) is 16.0 Å². The highest BCUT2D eigenvalue weighted by Crippen LogP contribution is 2.28. The fourth-order valence-corrected chi connectivity index (χ4v) is 6.28. The Bertz CT molecular complexity index is 1370. The molecule has 1 N–H and O–H groups in total. The molecule has 230 valence electrons. The number of aromatic nitrogens is 4. The molecule has 0 unspecified atom stereocenters. The second kappa shape index (κ2) is 14.8. The molecule has 3 aromatic rings. The largest absolute Gasteiger partial charge is 0.493 e. The van der Waals surface area contributed by atoms with E-state index >= 15 is 0 Å². The van der Waals surface area contributed by atoms with Crippen LogP contribution in [0.2, 0.25) is 0 Å². The van der Waals surface area contributed by atoms with Crippen molar-refractivity contribution in [2.45, 2.75) is 72.3 Å². The summed E-state index contributed by atoms with van der Waals surface area (Å²) >= 11 is 0. The zero-order chi connectivity index (χ0) is 30.1. The van der Waals surface area contributed by atoms with Crippen molar-refractivity contribution in [3.63, 3.8) is 0 Å². The number of halogens is 2. The molecule has 1 aromatic carbocycles. The maximum absolute atomic E-state index is 14.5. The van der Waals surface area contributed by atoms with Gasteiger partial charge in [0.1, 0.15) is 11.4 Å². The Labute approximate surface area is 247 Å². The number of rotatable bonds is 15. The lowest BCUT2D eigenvalue weighted by molar-refractivity contribution is 0.277. The molecule has 0 saturated carbocycles. The average Bonchev–Trinajstić information content (AvgIpc) is 3.41. The van der Waals surface area contributed by atoms with Crippen molar-refractivity contribution in [2.75, 3.05) is 35.1 Å². The molecule has 0 aliphatic carbocycles. The predicted molar refractivity (Wildman–Crippen MR) is 161 cm³/mol. The van der Waals surface area contributed by atoms with E-state index in [0.29, 0.717) is 24.9 Å². The SMILES string of the molecule is CCCCCS(=O)(=O)Nc1c(F)cc(OCCCC2CCN(c3ncc(-c4cnn(CC(C)C)c4)cn3)CC2)cc1F. The number of hydrogen-bond acceptors (Lipinski definition) is 7.